The van der Waals surface area contributed by atoms with Gasteiger partial charge in [-0.15, -0.1) is 0 Å². The summed E-state index contributed by atoms with van der Waals surface area (Å²) in [5, 5.41) is 3.74. The van der Waals surface area contributed by atoms with Gasteiger partial charge in [-0.05, 0) is 49.4 Å². The predicted octanol–water partition coefficient (Wildman–Crippen LogP) is 4.19. The fraction of sp³-hybridized carbons (Fsp3) is 0.667. The number of benzene rings is 1. The van der Waals surface area contributed by atoms with E-state index in [1.165, 1.54) is 44.1 Å². The normalized spacial score (nSPS) is 17.3. The van der Waals surface area contributed by atoms with Crippen molar-refractivity contribution in [2.45, 2.75) is 57.9 Å². The van der Waals surface area contributed by atoms with Gasteiger partial charge >= 0.3 is 0 Å². The van der Waals surface area contributed by atoms with Crippen LogP contribution in [0.2, 0.25) is 0 Å². The van der Waals surface area contributed by atoms with E-state index in [0.29, 0.717) is 6.04 Å². The first-order valence-corrected chi connectivity index (χ1v) is 8.18. The lowest BCUT2D eigenvalue weighted by molar-refractivity contribution is 0.384. The van der Waals surface area contributed by atoms with Crippen LogP contribution in [0.3, 0.4) is 0 Å². The van der Waals surface area contributed by atoms with Gasteiger partial charge in [0, 0.05) is 6.04 Å². The quantitative estimate of drug-likeness (QED) is 0.768. The lowest BCUT2D eigenvalue weighted by Gasteiger charge is -2.22. The van der Waals surface area contributed by atoms with Crippen molar-refractivity contribution < 1.29 is 4.74 Å². The Balaban J connectivity index is 1.90. The molecule has 2 nitrogen and oxygen atoms in total. The average molecular weight is 275 g/mol. The minimum absolute atomic E-state index is 0.631. The molecule has 2 rings (SSSR count). The van der Waals surface area contributed by atoms with E-state index in [0.717, 1.165) is 24.6 Å². The molecule has 1 atom stereocenters. The molecule has 0 spiro atoms. The second-order valence-corrected chi connectivity index (χ2v) is 6.09. The topological polar surface area (TPSA) is 21.3 Å². The fourth-order valence-corrected chi connectivity index (χ4v) is 3.28. The second kappa shape index (κ2) is 8.31. The van der Waals surface area contributed by atoms with Crippen LogP contribution in [0.4, 0.5) is 0 Å². The molecule has 1 aliphatic carbocycles. The van der Waals surface area contributed by atoms with Gasteiger partial charge < -0.3 is 10.1 Å². The summed E-state index contributed by atoms with van der Waals surface area (Å²) >= 11 is 0. The molecule has 20 heavy (non-hydrogen) atoms. The van der Waals surface area contributed by atoms with Crippen molar-refractivity contribution in [2.24, 2.45) is 5.92 Å². The highest BCUT2D eigenvalue weighted by molar-refractivity contribution is 5.27. The average Bonchev–Trinajstić information content (AvgIpc) is 2.98. The van der Waals surface area contributed by atoms with Crippen LogP contribution in [0.15, 0.2) is 24.3 Å². The minimum atomic E-state index is 0.631. The molecule has 0 heterocycles. The van der Waals surface area contributed by atoms with Crippen molar-refractivity contribution in [1.82, 2.24) is 5.32 Å². The molecule has 0 aromatic heterocycles. The number of hydrogen-bond donors (Lipinski definition) is 1. The summed E-state index contributed by atoms with van der Waals surface area (Å²) in [6.07, 6.45) is 9.44. The number of nitrogens with one attached hydrogen (secondary N) is 1. The van der Waals surface area contributed by atoms with Crippen LogP contribution in [-0.2, 0) is 6.42 Å². The molecule has 0 radical (unpaired) electrons. The maximum Gasteiger partial charge on any atom is 0.118 e. The highest BCUT2D eigenvalue weighted by Crippen LogP contribution is 2.29. The Kier molecular flexibility index (Phi) is 6.38. The second-order valence-electron chi connectivity index (χ2n) is 6.09. The summed E-state index contributed by atoms with van der Waals surface area (Å²) < 4.78 is 5.23. The predicted molar refractivity (Wildman–Crippen MR) is 85.4 cm³/mol. The van der Waals surface area contributed by atoms with Crippen molar-refractivity contribution in [3.05, 3.63) is 29.8 Å². The van der Waals surface area contributed by atoms with Crippen molar-refractivity contribution >= 4 is 0 Å². The monoisotopic (exact) mass is 275 g/mol. The maximum atomic E-state index is 5.23. The van der Waals surface area contributed by atoms with Gasteiger partial charge in [-0.25, -0.2) is 0 Å². The first-order chi connectivity index (χ1) is 9.81. The largest absolute Gasteiger partial charge is 0.497 e. The van der Waals surface area contributed by atoms with Crippen molar-refractivity contribution in [3.63, 3.8) is 0 Å². The van der Waals surface area contributed by atoms with Crippen molar-refractivity contribution in [2.75, 3.05) is 13.7 Å². The van der Waals surface area contributed by atoms with E-state index < -0.39 is 0 Å². The molecule has 0 amide bonds. The van der Waals surface area contributed by atoms with E-state index >= 15 is 0 Å². The summed E-state index contributed by atoms with van der Waals surface area (Å²) in [4.78, 5) is 0. The van der Waals surface area contributed by atoms with E-state index in [9.17, 15) is 0 Å². The third kappa shape index (κ3) is 4.82. The molecule has 112 valence electrons. The Morgan fingerprint density at radius 1 is 1.20 bits per heavy atom. The molecule has 0 bridgehead atoms. The maximum absolute atomic E-state index is 5.23. The lowest BCUT2D eigenvalue weighted by Crippen LogP contribution is -2.33. The highest BCUT2D eigenvalue weighted by Gasteiger charge is 2.20. The van der Waals surface area contributed by atoms with E-state index in [4.69, 9.17) is 4.74 Å². The van der Waals surface area contributed by atoms with Crippen molar-refractivity contribution in [1.29, 1.82) is 0 Å². The van der Waals surface area contributed by atoms with Crippen molar-refractivity contribution in [3.8, 4) is 5.75 Å². The number of methoxy groups -OCH3 is 1. The molecule has 1 unspecified atom stereocenters. The van der Waals surface area contributed by atoms with Gasteiger partial charge in [0.2, 0.25) is 0 Å². The van der Waals surface area contributed by atoms with Gasteiger partial charge in [0.25, 0.3) is 0 Å². The molecule has 0 saturated heterocycles. The van der Waals surface area contributed by atoms with Gasteiger partial charge in [0.15, 0.2) is 0 Å². The molecule has 1 aromatic rings. The highest BCUT2D eigenvalue weighted by atomic mass is 16.5. The number of hydrogen-bond acceptors (Lipinski definition) is 2. The first-order valence-electron chi connectivity index (χ1n) is 8.18. The number of rotatable bonds is 8. The Morgan fingerprint density at radius 3 is 2.50 bits per heavy atom. The Morgan fingerprint density at radius 2 is 1.90 bits per heavy atom. The number of ether oxygens (including phenoxy) is 1. The van der Waals surface area contributed by atoms with Crippen LogP contribution in [0.1, 0.15) is 51.0 Å². The van der Waals surface area contributed by atoms with E-state index in [1.54, 1.807) is 7.11 Å². The molecular weight excluding hydrogens is 246 g/mol. The van der Waals surface area contributed by atoms with Crippen LogP contribution < -0.4 is 10.1 Å². The van der Waals surface area contributed by atoms with Crippen LogP contribution in [0, 0.1) is 5.92 Å². The van der Waals surface area contributed by atoms with Gasteiger partial charge in [-0.3, -0.25) is 0 Å². The van der Waals surface area contributed by atoms with Gasteiger partial charge in [-0.2, -0.15) is 0 Å². The van der Waals surface area contributed by atoms with Crippen LogP contribution in [-0.4, -0.2) is 19.7 Å². The van der Waals surface area contributed by atoms with Gasteiger partial charge in [0.1, 0.15) is 5.75 Å². The summed E-state index contributed by atoms with van der Waals surface area (Å²) in [6, 6.07) is 9.18. The standard InChI is InChI=1S/C18H29NO/c1-3-12-19-17(13-15-6-4-5-7-15)14-16-8-10-18(20-2)11-9-16/h8-11,15,17,19H,3-7,12-14H2,1-2H3. The zero-order valence-electron chi connectivity index (χ0n) is 13.0. The summed E-state index contributed by atoms with van der Waals surface area (Å²) in [7, 11) is 1.72. The summed E-state index contributed by atoms with van der Waals surface area (Å²) in [5.74, 6) is 1.89. The van der Waals surface area contributed by atoms with E-state index in [1.807, 2.05) is 0 Å². The molecule has 1 fully saturated rings. The van der Waals surface area contributed by atoms with E-state index in [2.05, 4.69) is 36.5 Å². The van der Waals surface area contributed by atoms with Gasteiger partial charge in [0.05, 0.1) is 7.11 Å². The van der Waals surface area contributed by atoms with Crippen LogP contribution in [0.5, 0.6) is 5.75 Å². The molecule has 1 N–H and O–H groups in total. The zero-order valence-corrected chi connectivity index (χ0v) is 13.0. The zero-order chi connectivity index (χ0) is 14.2. The lowest BCUT2D eigenvalue weighted by atomic mass is 9.94. The third-order valence-electron chi connectivity index (χ3n) is 4.42. The molecule has 1 aliphatic rings. The Hall–Kier alpha value is -1.02. The van der Waals surface area contributed by atoms with E-state index in [-0.39, 0.29) is 0 Å². The Bertz CT molecular complexity index is 368. The summed E-state index contributed by atoms with van der Waals surface area (Å²) in [5.41, 5.74) is 1.41. The summed E-state index contributed by atoms with van der Waals surface area (Å²) in [6.45, 7) is 3.38. The third-order valence-corrected chi connectivity index (χ3v) is 4.42. The fourth-order valence-electron chi connectivity index (χ4n) is 3.28. The van der Waals surface area contributed by atoms with Crippen LogP contribution in [0.25, 0.3) is 0 Å². The first kappa shape index (κ1) is 15.4. The SMILES string of the molecule is CCCNC(Cc1ccc(OC)cc1)CC1CCCC1. The molecule has 1 saturated carbocycles. The van der Waals surface area contributed by atoms with Gasteiger partial charge in [-0.1, -0.05) is 44.7 Å². The minimum Gasteiger partial charge on any atom is -0.497 e. The smallest absolute Gasteiger partial charge is 0.118 e. The Labute approximate surface area is 123 Å². The molecule has 1 aromatic carbocycles. The van der Waals surface area contributed by atoms with Crippen LogP contribution >= 0.6 is 0 Å². The molecule has 2 heteroatoms. The molecular formula is C18H29NO. The molecule has 0 aliphatic heterocycles.